The molecule has 1 N–H and O–H groups in total. The Morgan fingerprint density at radius 3 is 2.33 bits per heavy atom. The van der Waals surface area contributed by atoms with E-state index in [0.29, 0.717) is 12.3 Å². The second-order valence-corrected chi connectivity index (χ2v) is 3.81. The number of carbonyl (C=O) groups is 1. The second kappa shape index (κ2) is 4.06. The van der Waals surface area contributed by atoms with Gasteiger partial charge in [0.25, 0.3) is 0 Å². The van der Waals surface area contributed by atoms with Crippen molar-refractivity contribution in [1.29, 1.82) is 0 Å². The van der Waals surface area contributed by atoms with Gasteiger partial charge in [0.1, 0.15) is 11.6 Å². The van der Waals surface area contributed by atoms with Gasteiger partial charge in [-0.1, -0.05) is 0 Å². The summed E-state index contributed by atoms with van der Waals surface area (Å²) in [5, 5.41) is 3.04. The Bertz CT molecular complexity index is 368. The van der Waals surface area contributed by atoms with E-state index in [1.165, 1.54) is 0 Å². The molecular weight excluding hydrogens is 200 g/mol. The summed E-state index contributed by atoms with van der Waals surface area (Å²) in [6.07, 6.45) is 0.357. The van der Waals surface area contributed by atoms with Gasteiger partial charge in [0, 0.05) is 18.1 Å². The van der Waals surface area contributed by atoms with Crippen molar-refractivity contribution in [3.05, 3.63) is 35.4 Å². The van der Waals surface area contributed by atoms with Crippen molar-refractivity contribution in [1.82, 2.24) is 5.32 Å². The number of halogens is 2. The molecule has 1 aromatic carbocycles. The van der Waals surface area contributed by atoms with Crippen molar-refractivity contribution in [2.75, 3.05) is 13.1 Å². The average Bonchev–Trinajstić information content (AvgIpc) is 2.09. The molecule has 1 aliphatic rings. The van der Waals surface area contributed by atoms with Crippen molar-refractivity contribution in [3.8, 4) is 0 Å². The third-order valence-corrected chi connectivity index (χ3v) is 2.52. The SMILES string of the molecule is O=C(CC1CNC1)c1cc(F)cc(F)c1. The minimum atomic E-state index is -0.704. The van der Waals surface area contributed by atoms with Gasteiger partial charge in [0.15, 0.2) is 5.78 Å². The van der Waals surface area contributed by atoms with E-state index < -0.39 is 11.6 Å². The van der Waals surface area contributed by atoms with E-state index in [4.69, 9.17) is 0 Å². The summed E-state index contributed by atoms with van der Waals surface area (Å²) in [6.45, 7) is 1.62. The highest BCUT2D eigenvalue weighted by Crippen LogP contribution is 2.15. The van der Waals surface area contributed by atoms with Crippen LogP contribution >= 0.6 is 0 Å². The maximum absolute atomic E-state index is 12.8. The third-order valence-electron chi connectivity index (χ3n) is 2.52. The molecule has 1 aliphatic heterocycles. The van der Waals surface area contributed by atoms with E-state index in [9.17, 15) is 13.6 Å². The van der Waals surface area contributed by atoms with Crippen LogP contribution in [0.5, 0.6) is 0 Å². The summed E-state index contributed by atoms with van der Waals surface area (Å²) in [4.78, 5) is 11.6. The van der Waals surface area contributed by atoms with Crippen molar-refractivity contribution in [3.63, 3.8) is 0 Å². The second-order valence-electron chi connectivity index (χ2n) is 3.81. The molecule has 1 aromatic rings. The summed E-state index contributed by atoms with van der Waals surface area (Å²) in [6, 6.07) is 2.93. The first-order valence-electron chi connectivity index (χ1n) is 4.85. The largest absolute Gasteiger partial charge is 0.316 e. The minimum Gasteiger partial charge on any atom is -0.316 e. The highest BCUT2D eigenvalue weighted by atomic mass is 19.1. The van der Waals surface area contributed by atoms with Crippen LogP contribution in [0.15, 0.2) is 18.2 Å². The molecule has 0 atom stereocenters. The van der Waals surface area contributed by atoms with Gasteiger partial charge in [0.2, 0.25) is 0 Å². The van der Waals surface area contributed by atoms with E-state index in [2.05, 4.69) is 5.32 Å². The molecule has 1 fully saturated rings. The molecule has 0 aliphatic carbocycles. The Morgan fingerprint density at radius 2 is 1.87 bits per heavy atom. The molecule has 4 heteroatoms. The van der Waals surface area contributed by atoms with Crippen LogP contribution < -0.4 is 5.32 Å². The molecule has 0 radical (unpaired) electrons. The molecule has 2 nitrogen and oxygen atoms in total. The third kappa shape index (κ3) is 2.39. The number of ketones is 1. The molecular formula is C11H11F2NO. The van der Waals surface area contributed by atoms with E-state index in [0.717, 1.165) is 31.3 Å². The Labute approximate surface area is 86.3 Å². The summed E-state index contributed by atoms with van der Waals surface area (Å²) in [7, 11) is 0. The summed E-state index contributed by atoms with van der Waals surface area (Å²) in [5.74, 6) is -1.29. The molecule has 0 bridgehead atoms. The van der Waals surface area contributed by atoms with Gasteiger partial charge in [-0.3, -0.25) is 4.79 Å². The van der Waals surface area contributed by atoms with Crippen LogP contribution in [0, 0.1) is 17.6 Å². The van der Waals surface area contributed by atoms with Crippen LogP contribution in [-0.2, 0) is 0 Å². The molecule has 2 rings (SSSR count). The molecule has 0 spiro atoms. The Balaban J connectivity index is 2.10. The molecule has 0 amide bonds. The first-order chi connectivity index (χ1) is 7.15. The van der Waals surface area contributed by atoms with Crippen LogP contribution in [0.25, 0.3) is 0 Å². The van der Waals surface area contributed by atoms with Crippen molar-refractivity contribution >= 4 is 5.78 Å². The molecule has 0 aromatic heterocycles. The topological polar surface area (TPSA) is 29.1 Å². The fraction of sp³-hybridized carbons (Fsp3) is 0.364. The van der Waals surface area contributed by atoms with Crippen LogP contribution in [0.3, 0.4) is 0 Å². The molecule has 80 valence electrons. The van der Waals surface area contributed by atoms with Gasteiger partial charge < -0.3 is 5.32 Å². The van der Waals surface area contributed by atoms with Gasteiger partial charge in [0.05, 0.1) is 0 Å². The standard InChI is InChI=1S/C11H11F2NO/c12-9-2-8(3-10(13)4-9)11(15)1-7-5-14-6-7/h2-4,7,14H,1,5-6H2. The number of nitrogens with one attached hydrogen (secondary N) is 1. The lowest BCUT2D eigenvalue weighted by molar-refractivity contribution is 0.0944. The molecule has 15 heavy (non-hydrogen) atoms. The lowest BCUT2D eigenvalue weighted by Gasteiger charge is -2.26. The molecule has 0 unspecified atom stereocenters. The van der Waals surface area contributed by atoms with Gasteiger partial charge >= 0.3 is 0 Å². The Kier molecular flexibility index (Phi) is 2.77. The number of benzene rings is 1. The predicted octanol–water partition coefficient (Wildman–Crippen LogP) is 1.76. The van der Waals surface area contributed by atoms with E-state index in [1.807, 2.05) is 0 Å². The highest BCUT2D eigenvalue weighted by Gasteiger charge is 2.21. The molecule has 0 saturated carbocycles. The number of Topliss-reactive ketones (excluding diaryl/α,β-unsaturated/α-hetero) is 1. The maximum atomic E-state index is 12.8. The Hall–Kier alpha value is -1.29. The smallest absolute Gasteiger partial charge is 0.163 e. The minimum absolute atomic E-state index is 0.124. The number of rotatable bonds is 3. The number of hydrogen-bond donors (Lipinski definition) is 1. The van der Waals surface area contributed by atoms with Crippen molar-refractivity contribution in [2.24, 2.45) is 5.92 Å². The fourth-order valence-corrected chi connectivity index (χ4v) is 1.59. The normalized spacial score (nSPS) is 16.1. The van der Waals surface area contributed by atoms with Crippen LogP contribution in [-0.4, -0.2) is 18.9 Å². The lowest BCUT2D eigenvalue weighted by Crippen LogP contribution is -2.42. The zero-order valence-electron chi connectivity index (χ0n) is 8.09. The van der Waals surface area contributed by atoms with Crippen molar-refractivity contribution < 1.29 is 13.6 Å². The first-order valence-corrected chi connectivity index (χ1v) is 4.85. The fourth-order valence-electron chi connectivity index (χ4n) is 1.59. The quantitative estimate of drug-likeness (QED) is 0.772. The zero-order valence-corrected chi connectivity index (χ0v) is 8.09. The first kappa shape index (κ1) is 10.2. The highest BCUT2D eigenvalue weighted by molar-refractivity contribution is 5.96. The van der Waals surface area contributed by atoms with Crippen LogP contribution in [0.1, 0.15) is 16.8 Å². The number of hydrogen-bond acceptors (Lipinski definition) is 2. The van der Waals surface area contributed by atoms with Gasteiger partial charge in [-0.25, -0.2) is 8.78 Å². The maximum Gasteiger partial charge on any atom is 0.163 e. The monoisotopic (exact) mass is 211 g/mol. The van der Waals surface area contributed by atoms with Crippen LogP contribution in [0.4, 0.5) is 8.78 Å². The number of carbonyl (C=O) groups excluding carboxylic acids is 1. The van der Waals surface area contributed by atoms with Gasteiger partial charge in [-0.15, -0.1) is 0 Å². The lowest BCUT2D eigenvalue weighted by atomic mass is 9.94. The van der Waals surface area contributed by atoms with Crippen molar-refractivity contribution in [2.45, 2.75) is 6.42 Å². The summed E-state index contributed by atoms with van der Waals surface area (Å²) < 4.78 is 25.6. The van der Waals surface area contributed by atoms with E-state index in [1.54, 1.807) is 0 Å². The predicted molar refractivity (Wildman–Crippen MR) is 51.7 cm³/mol. The van der Waals surface area contributed by atoms with E-state index >= 15 is 0 Å². The van der Waals surface area contributed by atoms with Crippen LogP contribution in [0.2, 0.25) is 0 Å². The van der Waals surface area contributed by atoms with E-state index in [-0.39, 0.29) is 11.3 Å². The van der Waals surface area contributed by atoms with Gasteiger partial charge in [-0.05, 0) is 31.1 Å². The molecule has 1 saturated heterocycles. The molecule has 1 heterocycles. The summed E-state index contributed by atoms with van der Waals surface area (Å²) in [5.41, 5.74) is 0.124. The summed E-state index contributed by atoms with van der Waals surface area (Å²) >= 11 is 0. The van der Waals surface area contributed by atoms with Gasteiger partial charge in [-0.2, -0.15) is 0 Å². The Morgan fingerprint density at radius 1 is 1.27 bits per heavy atom. The average molecular weight is 211 g/mol. The zero-order chi connectivity index (χ0) is 10.8.